The van der Waals surface area contributed by atoms with E-state index in [2.05, 4.69) is 9.88 Å². The Labute approximate surface area is 196 Å². The lowest BCUT2D eigenvalue weighted by Gasteiger charge is -2.34. The predicted octanol–water partition coefficient (Wildman–Crippen LogP) is 3.91. The molecule has 0 unspecified atom stereocenters. The number of hydrogen-bond acceptors (Lipinski definition) is 6. The summed E-state index contributed by atoms with van der Waals surface area (Å²) in [6.07, 6.45) is 1.96. The number of hydrogen-bond donors (Lipinski definition) is 0. The molecule has 9 heteroatoms. The minimum Gasteiger partial charge on any atom is -0.493 e. The molecule has 0 atom stereocenters. The number of methoxy groups -OCH3 is 2. The summed E-state index contributed by atoms with van der Waals surface area (Å²) in [4.78, 5) is 20.9. The summed E-state index contributed by atoms with van der Waals surface area (Å²) in [5.74, 6) is 0.606. The Morgan fingerprint density at radius 1 is 1.03 bits per heavy atom. The highest BCUT2D eigenvalue weighted by Gasteiger charge is 2.22. The van der Waals surface area contributed by atoms with Crippen LogP contribution < -0.4 is 9.47 Å². The zero-order valence-corrected chi connectivity index (χ0v) is 19.2. The Bertz CT molecular complexity index is 1140. The molecule has 0 saturated carbocycles. The van der Waals surface area contributed by atoms with Crippen LogP contribution in [0.4, 0.5) is 8.78 Å². The van der Waals surface area contributed by atoms with Crippen LogP contribution in [0.25, 0.3) is 11.3 Å². The average molecular weight is 472 g/mol. The van der Waals surface area contributed by atoms with Crippen LogP contribution >= 0.6 is 0 Å². The molecule has 34 heavy (non-hydrogen) atoms. The van der Waals surface area contributed by atoms with Gasteiger partial charge in [-0.25, -0.2) is 13.8 Å². The second-order valence-corrected chi connectivity index (χ2v) is 8.09. The van der Waals surface area contributed by atoms with Gasteiger partial charge in [0.15, 0.2) is 23.1 Å². The smallest absolute Gasteiger partial charge is 0.223 e. The molecule has 7 nitrogen and oxygen atoms in total. The predicted molar refractivity (Wildman–Crippen MR) is 122 cm³/mol. The Morgan fingerprint density at radius 3 is 2.50 bits per heavy atom. The molecule has 180 valence electrons. The molecule has 2 aromatic carbocycles. The molecule has 1 saturated heterocycles. The van der Waals surface area contributed by atoms with E-state index in [-0.39, 0.29) is 23.7 Å². The Balaban J connectivity index is 1.25. The maximum absolute atomic E-state index is 13.9. The summed E-state index contributed by atoms with van der Waals surface area (Å²) in [5.41, 5.74) is 1.26. The number of amides is 1. The van der Waals surface area contributed by atoms with Crippen molar-refractivity contribution in [1.29, 1.82) is 0 Å². The lowest BCUT2D eigenvalue weighted by atomic mass is 10.1. The van der Waals surface area contributed by atoms with E-state index in [1.54, 1.807) is 14.2 Å². The lowest BCUT2D eigenvalue weighted by Crippen LogP contribution is -2.48. The van der Waals surface area contributed by atoms with Gasteiger partial charge < -0.3 is 18.8 Å². The van der Waals surface area contributed by atoms with E-state index < -0.39 is 11.6 Å². The number of rotatable bonds is 8. The fourth-order valence-corrected chi connectivity index (χ4v) is 4.00. The summed E-state index contributed by atoms with van der Waals surface area (Å²) in [6.45, 7) is 3.59. The molecule has 0 bridgehead atoms. The molecule has 2 heterocycles. The third kappa shape index (κ3) is 5.53. The van der Waals surface area contributed by atoms with E-state index in [0.717, 1.165) is 37.3 Å². The highest BCUT2D eigenvalue weighted by molar-refractivity contribution is 5.76. The largest absolute Gasteiger partial charge is 0.493 e. The van der Waals surface area contributed by atoms with E-state index in [1.807, 2.05) is 23.1 Å². The molecule has 1 fully saturated rings. The van der Waals surface area contributed by atoms with Crippen molar-refractivity contribution in [3.05, 3.63) is 65.7 Å². The number of carbonyl (C=O) groups excluding carboxylic acids is 1. The highest BCUT2D eigenvalue weighted by Crippen LogP contribution is 2.28. The van der Waals surface area contributed by atoms with Gasteiger partial charge in [0.1, 0.15) is 11.6 Å². The van der Waals surface area contributed by atoms with Crippen molar-refractivity contribution in [2.45, 2.75) is 19.4 Å². The van der Waals surface area contributed by atoms with Crippen LogP contribution in [-0.2, 0) is 17.8 Å². The molecule has 0 aliphatic carbocycles. The Hall–Kier alpha value is -3.46. The number of ether oxygens (including phenoxy) is 2. The molecule has 1 aromatic heterocycles. The minimum absolute atomic E-state index is 0.0264. The number of aryl methyl sites for hydroxylation is 1. The molecular weight excluding hydrogens is 444 g/mol. The molecule has 4 rings (SSSR count). The van der Waals surface area contributed by atoms with Crippen molar-refractivity contribution >= 4 is 5.91 Å². The monoisotopic (exact) mass is 471 g/mol. The van der Waals surface area contributed by atoms with Crippen LogP contribution in [-0.4, -0.2) is 61.1 Å². The molecule has 3 aromatic rings. The van der Waals surface area contributed by atoms with Gasteiger partial charge in [-0.15, -0.1) is 0 Å². The quantitative estimate of drug-likeness (QED) is 0.496. The second kappa shape index (κ2) is 10.6. The summed E-state index contributed by atoms with van der Waals surface area (Å²) in [6, 6.07) is 9.15. The van der Waals surface area contributed by atoms with Crippen LogP contribution in [0.3, 0.4) is 0 Å². The molecule has 1 aliphatic heterocycles. The van der Waals surface area contributed by atoms with Crippen molar-refractivity contribution in [2.75, 3.05) is 40.4 Å². The van der Waals surface area contributed by atoms with Crippen molar-refractivity contribution in [1.82, 2.24) is 14.8 Å². The average Bonchev–Trinajstić information content (AvgIpc) is 3.31. The van der Waals surface area contributed by atoms with E-state index in [1.165, 1.54) is 12.3 Å². The Kier molecular flexibility index (Phi) is 7.42. The number of oxazole rings is 1. The summed E-state index contributed by atoms with van der Waals surface area (Å²) in [7, 11) is 3.23. The van der Waals surface area contributed by atoms with Crippen molar-refractivity contribution in [3.8, 4) is 22.8 Å². The molecule has 0 radical (unpaired) electrons. The van der Waals surface area contributed by atoms with Crippen LogP contribution in [0.5, 0.6) is 11.5 Å². The molecule has 0 spiro atoms. The zero-order chi connectivity index (χ0) is 24.1. The van der Waals surface area contributed by atoms with Crippen LogP contribution in [0.1, 0.15) is 17.9 Å². The fourth-order valence-electron chi connectivity index (χ4n) is 4.00. The zero-order valence-electron chi connectivity index (χ0n) is 19.2. The van der Waals surface area contributed by atoms with Crippen molar-refractivity contribution < 1.29 is 27.5 Å². The van der Waals surface area contributed by atoms with Gasteiger partial charge in [0.25, 0.3) is 0 Å². The summed E-state index contributed by atoms with van der Waals surface area (Å²) < 4.78 is 43.3. The number of halogens is 2. The SMILES string of the molecule is COc1ccc(CN2CCN(C(=O)CCc3ncc(-c4ccc(F)cc4F)o3)CC2)cc1OC. The van der Waals surface area contributed by atoms with Crippen LogP contribution in [0.15, 0.2) is 47.0 Å². The normalized spacial score (nSPS) is 14.3. The number of piperazine rings is 1. The van der Waals surface area contributed by atoms with E-state index in [9.17, 15) is 13.6 Å². The molecule has 1 aliphatic rings. The maximum Gasteiger partial charge on any atom is 0.223 e. The van der Waals surface area contributed by atoms with E-state index >= 15 is 0 Å². The van der Waals surface area contributed by atoms with E-state index in [4.69, 9.17) is 13.9 Å². The molecular formula is C25H27F2N3O4. The highest BCUT2D eigenvalue weighted by atomic mass is 19.1. The van der Waals surface area contributed by atoms with Gasteiger partial charge in [0.05, 0.1) is 26.0 Å². The first-order valence-electron chi connectivity index (χ1n) is 11.1. The van der Waals surface area contributed by atoms with Crippen LogP contribution in [0, 0.1) is 11.6 Å². The maximum atomic E-state index is 13.9. The van der Waals surface area contributed by atoms with Crippen molar-refractivity contribution in [2.24, 2.45) is 0 Å². The number of benzene rings is 2. The first-order chi connectivity index (χ1) is 16.5. The van der Waals surface area contributed by atoms with Gasteiger partial charge in [-0.05, 0) is 29.8 Å². The first kappa shape index (κ1) is 23.7. The number of carbonyl (C=O) groups is 1. The first-order valence-corrected chi connectivity index (χ1v) is 11.1. The van der Waals surface area contributed by atoms with Gasteiger partial charge in [-0.2, -0.15) is 0 Å². The third-order valence-corrected chi connectivity index (χ3v) is 5.88. The molecule has 1 amide bonds. The number of nitrogens with zero attached hydrogens (tertiary/aromatic N) is 3. The fraction of sp³-hybridized carbons (Fsp3) is 0.360. The third-order valence-electron chi connectivity index (χ3n) is 5.88. The molecule has 0 N–H and O–H groups in total. The summed E-state index contributed by atoms with van der Waals surface area (Å²) in [5, 5.41) is 0. The van der Waals surface area contributed by atoms with Crippen molar-refractivity contribution in [3.63, 3.8) is 0 Å². The second-order valence-electron chi connectivity index (χ2n) is 8.09. The van der Waals surface area contributed by atoms with E-state index in [0.29, 0.717) is 36.9 Å². The Morgan fingerprint density at radius 2 is 1.79 bits per heavy atom. The van der Waals surface area contributed by atoms with Gasteiger partial charge in [-0.3, -0.25) is 9.69 Å². The number of aromatic nitrogens is 1. The standard InChI is InChI=1S/C25H27F2N3O4/c1-32-21-6-3-17(13-22(21)33-2)16-29-9-11-30(12-10-29)25(31)8-7-24-28-15-23(34-24)19-5-4-18(26)14-20(19)27/h3-6,13-15H,7-12,16H2,1-2H3. The van der Waals surface area contributed by atoms with Gasteiger partial charge in [-0.1, -0.05) is 6.07 Å². The summed E-state index contributed by atoms with van der Waals surface area (Å²) >= 11 is 0. The van der Waals surface area contributed by atoms with Gasteiger partial charge in [0.2, 0.25) is 5.91 Å². The van der Waals surface area contributed by atoms with Gasteiger partial charge >= 0.3 is 0 Å². The van der Waals surface area contributed by atoms with Crippen LogP contribution in [0.2, 0.25) is 0 Å². The minimum atomic E-state index is -0.718. The van der Waals surface area contributed by atoms with Gasteiger partial charge in [0, 0.05) is 51.6 Å². The topological polar surface area (TPSA) is 68.0 Å². The lowest BCUT2D eigenvalue weighted by molar-refractivity contribution is -0.133.